The average Bonchev–Trinajstić information content (AvgIpc) is 3.46. The van der Waals surface area contributed by atoms with Gasteiger partial charge in [0.1, 0.15) is 23.9 Å². The lowest BCUT2D eigenvalue weighted by atomic mass is 9.93. The van der Waals surface area contributed by atoms with E-state index in [0.717, 1.165) is 5.56 Å². The topological polar surface area (TPSA) is 86.5 Å². The van der Waals surface area contributed by atoms with Gasteiger partial charge in [-0.1, -0.05) is 38.1 Å². The molecule has 2 aromatic carbocycles. The molecule has 2 N–H and O–H groups in total. The molecule has 0 spiro atoms. The van der Waals surface area contributed by atoms with Crippen molar-refractivity contribution < 1.29 is 24.0 Å². The van der Waals surface area contributed by atoms with Gasteiger partial charge in [-0.15, -0.1) is 0 Å². The third-order valence-electron chi connectivity index (χ3n) is 6.38. The quantitative estimate of drug-likeness (QED) is 0.197. The summed E-state index contributed by atoms with van der Waals surface area (Å²) in [6.07, 6.45) is 6.29. The zero-order valence-electron chi connectivity index (χ0n) is 21.3. The van der Waals surface area contributed by atoms with Crippen LogP contribution in [0.4, 0.5) is 0 Å². The summed E-state index contributed by atoms with van der Waals surface area (Å²) in [5.41, 5.74) is 2.55. The highest BCUT2D eigenvalue weighted by atomic mass is 16.5. The standard InChI is InChI=1S/C29H33N3O4/c1-19(2)21-6-8-22(9-7-21)26-25(27(33)23-10-12-24(13-11-23)36-20(3)4)28(34)29(35)32(26)16-5-15-31-17-14-30-18-31/h6-14,17-20,26H,5,15-16H2,1-4H3,(H,33,34)/p+1. The molecular weight excluding hydrogens is 454 g/mol. The molecule has 1 atom stereocenters. The summed E-state index contributed by atoms with van der Waals surface area (Å²) < 4.78 is 7.68. The van der Waals surface area contributed by atoms with Crippen molar-refractivity contribution >= 4 is 17.4 Å². The Labute approximate surface area is 212 Å². The number of aromatic nitrogens is 2. The summed E-state index contributed by atoms with van der Waals surface area (Å²) >= 11 is 0. The summed E-state index contributed by atoms with van der Waals surface area (Å²) in [5, 5.41) is 11.3. The molecule has 1 fully saturated rings. The molecule has 7 nitrogen and oxygen atoms in total. The summed E-state index contributed by atoms with van der Waals surface area (Å²) in [7, 11) is 0. The molecule has 1 unspecified atom stereocenters. The Balaban J connectivity index is 1.70. The Bertz CT molecular complexity index is 1230. The zero-order valence-corrected chi connectivity index (χ0v) is 21.3. The lowest BCUT2D eigenvalue weighted by Crippen LogP contribution is -2.36. The van der Waals surface area contributed by atoms with E-state index in [0.29, 0.717) is 36.7 Å². The number of amides is 1. The number of carbonyl (C=O) groups excluding carboxylic acids is 2. The van der Waals surface area contributed by atoms with E-state index in [-0.39, 0.29) is 17.4 Å². The molecule has 188 valence electrons. The van der Waals surface area contributed by atoms with Gasteiger partial charge in [0.25, 0.3) is 11.7 Å². The third kappa shape index (κ3) is 5.35. The number of aliphatic hydroxyl groups excluding tert-OH is 1. The second kappa shape index (κ2) is 10.8. The van der Waals surface area contributed by atoms with E-state index in [2.05, 4.69) is 18.8 Å². The van der Waals surface area contributed by atoms with E-state index in [4.69, 9.17) is 4.74 Å². The average molecular weight is 489 g/mol. The Morgan fingerprint density at radius 2 is 1.75 bits per heavy atom. The molecule has 7 heteroatoms. The first-order chi connectivity index (χ1) is 17.3. The van der Waals surface area contributed by atoms with Crippen LogP contribution in [-0.2, 0) is 16.1 Å². The van der Waals surface area contributed by atoms with E-state index in [1.807, 2.05) is 61.4 Å². The number of Topliss-reactive ketones (excluding diaryl/α,β-unsaturated/α-hetero) is 1. The van der Waals surface area contributed by atoms with Crippen molar-refractivity contribution in [1.29, 1.82) is 0 Å². The van der Waals surface area contributed by atoms with Gasteiger partial charge in [-0.2, -0.15) is 0 Å². The smallest absolute Gasteiger partial charge is 0.295 e. The van der Waals surface area contributed by atoms with E-state index in [1.165, 1.54) is 5.56 Å². The van der Waals surface area contributed by atoms with Gasteiger partial charge in [-0.3, -0.25) is 14.6 Å². The fourth-order valence-electron chi connectivity index (χ4n) is 4.52. The van der Waals surface area contributed by atoms with E-state index >= 15 is 0 Å². The first kappa shape index (κ1) is 25.2. The van der Waals surface area contributed by atoms with E-state index in [9.17, 15) is 14.7 Å². The van der Waals surface area contributed by atoms with Crippen LogP contribution in [0.15, 0.2) is 72.8 Å². The molecule has 0 bridgehead atoms. The lowest BCUT2D eigenvalue weighted by molar-refractivity contribution is -0.695. The molecule has 3 aromatic rings. The molecule has 1 saturated heterocycles. The van der Waals surface area contributed by atoms with Crippen LogP contribution in [0, 0.1) is 0 Å². The van der Waals surface area contributed by atoms with Gasteiger partial charge in [0, 0.05) is 18.5 Å². The molecule has 2 heterocycles. The molecular formula is C29H34N3O4+. The summed E-state index contributed by atoms with van der Waals surface area (Å²) in [6, 6.07) is 14.2. The number of nitrogens with one attached hydrogen (secondary N) is 1. The Kier molecular flexibility index (Phi) is 7.58. The number of nitrogens with zero attached hydrogens (tertiary/aromatic N) is 2. The third-order valence-corrected chi connectivity index (χ3v) is 6.38. The van der Waals surface area contributed by atoms with Crippen LogP contribution in [0.1, 0.15) is 62.8 Å². The number of hydrogen-bond donors (Lipinski definition) is 2. The van der Waals surface area contributed by atoms with Gasteiger partial charge in [0.2, 0.25) is 6.33 Å². The van der Waals surface area contributed by atoms with Crippen molar-refractivity contribution in [2.75, 3.05) is 6.54 Å². The van der Waals surface area contributed by atoms with Crippen LogP contribution in [0.2, 0.25) is 0 Å². The minimum absolute atomic E-state index is 0.0213. The van der Waals surface area contributed by atoms with Crippen molar-refractivity contribution in [3.63, 3.8) is 0 Å². The monoisotopic (exact) mass is 488 g/mol. The number of imidazole rings is 1. The molecule has 1 aliphatic heterocycles. The van der Waals surface area contributed by atoms with Crippen LogP contribution >= 0.6 is 0 Å². The number of ether oxygens (including phenoxy) is 1. The first-order valence-corrected chi connectivity index (χ1v) is 12.4. The van der Waals surface area contributed by atoms with Crippen LogP contribution in [0.5, 0.6) is 5.75 Å². The molecule has 1 amide bonds. The van der Waals surface area contributed by atoms with Crippen molar-refractivity contribution in [3.05, 3.63) is 89.5 Å². The number of rotatable bonds is 9. The molecule has 1 aliphatic rings. The molecule has 0 radical (unpaired) electrons. The van der Waals surface area contributed by atoms with Crippen LogP contribution < -0.4 is 9.30 Å². The number of hydrogen-bond acceptors (Lipinski definition) is 4. The number of ketones is 1. The number of carbonyl (C=O) groups is 2. The molecule has 0 saturated carbocycles. The van der Waals surface area contributed by atoms with Gasteiger partial charge in [0.15, 0.2) is 0 Å². The number of aryl methyl sites for hydroxylation is 1. The summed E-state index contributed by atoms with van der Waals surface area (Å²) in [5.74, 6) is -0.402. The zero-order chi connectivity index (χ0) is 25.8. The normalized spacial score (nSPS) is 17.4. The number of aliphatic hydroxyl groups is 1. The van der Waals surface area contributed by atoms with Gasteiger partial charge >= 0.3 is 0 Å². The highest BCUT2D eigenvalue weighted by Crippen LogP contribution is 2.40. The number of aromatic amines is 1. The Morgan fingerprint density at radius 3 is 2.33 bits per heavy atom. The number of benzene rings is 2. The first-order valence-electron chi connectivity index (χ1n) is 12.4. The highest BCUT2D eigenvalue weighted by molar-refractivity contribution is 6.46. The second-order valence-electron chi connectivity index (χ2n) is 9.71. The SMILES string of the molecule is CC(C)Oc1ccc(C(O)=C2C(=O)C(=O)N(CCC[n+]3cc[nH]c3)C2c2ccc(C(C)C)cc2)cc1. The molecule has 36 heavy (non-hydrogen) atoms. The fraction of sp³-hybridized carbons (Fsp3) is 0.345. The van der Waals surface area contributed by atoms with E-state index in [1.54, 1.807) is 29.2 Å². The minimum Gasteiger partial charge on any atom is -0.507 e. The van der Waals surface area contributed by atoms with Crippen LogP contribution in [-0.4, -0.2) is 39.3 Å². The van der Waals surface area contributed by atoms with Crippen LogP contribution in [0.25, 0.3) is 5.76 Å². The predicted octanol–water partition coefficient (Wildman–Crippen LogP) is 4.72. The summed E-state index contributed by atoms with van der Waals surface area (Å²) in [6.45, 7) is 9.20. The second-order valence-corrected chi connectivity index (χ2v) is 9.71. The fourth-order valence-corrected chi connectivity index (χ4v) is 4.52. The molecule has 4 rings (SSSR count). The Hall–Kier alpha value is -3.87. The largest absolute Gasteiger partial charge is 0.507 e. The van der Waals surface area contributed by atoms with E-state index < -0.39 is 17.7 Å². The Morgan fingerprint density at radius 1 is 1.06 bits per heavy atom. The maximum atomic E-state index is 13.2. The lowest BCUT2D eigenvalue weighted by Gasteiger charge is -2.25. The van der Waals surface area contributed by atoms with Crippen molar-refractivity contribution in [2.45, 2.75) is 58.7 Å². The maximum Gasteiger partial charge on any atom is 0.295 e. The number of H-pyrrole nitrogens is 1. The molecule has 0 aliphatic carbocycles. The van der Waals surface area contributed by atoms with Crippen LogP contribution in [0.3, 0.4) is 0 Å². The van der Waals surface area contributed by atoms with Gasteiger partial charge < -0.3 is 14.7 Å². The maximum absolute atomic E-state index is 13.2. The van der Waals surface area contributed by atoms with Gasteiger partial charge in [-0.05, 0) is 55.2 Å². The van der Waals surface area contributed by atoms with Crippen molar-refractivity contribution in [2.24, 2.45) is 0 Å². The van der Waals surface area contributed by atoms with Crippen molar-refractivity contribution in [1.82, 2.24) is 9.88 Å². The molecule has 1 aromatic heterocycles. The summed E-state index contributed by atoms with van der Waals surface area (Å²) in [4.78, 5) is 31.0. The predicted molar refractivity (Wildman–Crippen MR) is 137 cm³/mol. The highest BCUT2D eigenvalue weighted by Gasteiger charge is 2.45. The van der Waals surface area contributed by atoms with Gasteiger partial charge in [0.05, 0.1) is 24.3 Å². The number of likely N-dealkylation sites (tertiary alicyclic amines) is 1. The van der Waals surface area contributed by atoms with Crippen molar-refractivity contribution in [3.8, 4) is 5.75 Å². The minimum atomic E-state index is -0.665. The van der Waals surface area contributed by atoms with Gasteiger partial charge in [-0.25, -0.2) is 4.57 Å².